The minimum atomic E-state index is 0.0216. The first-order valence-corrected chi connectivity index (χ1v) is 7.77. The predicted octanol–water partition coefficient (Wildman–Crippen LogP) is 1.77. The summed E-state index contributed by atoms with van der Waals surface area (Å²) in [5.41, 5.74) is 0.998. The number of carbonyl (C=O) groups is 1. The molecular formula is C16H23N3O2. The summed E-state index contributed by atoms with van der Waals surface area (Å²) in [6.07, 6.45) is 3.79. The van der Waals surface area contributed by atoms with Crippen LogP contribution in [0.4, 0.5) is 4.79 Å². The highest BCUT2D eigenvalue weighted by molar-refractivity contribution is 5.74. The number of fused-ring (bicyclic) bond motifs is 1. The molecule has 21 heavy (non-hydrogen) atoms. The number of piperidine rings is 1. The smallest absolute Gasteiger partial charge is 0.317 e. The van der Waals surface area contributed by atoms with E-state index in [2.05, 4.69) is 10.2 Å². The van der Waals surface area contributed by atoms with E-state index in [1.807, 2.05) is 17.0 Å². The minimum Gasteiger partial charge on any atom is -0.508 e. The van der Waals surface area contributed by atoms with E-state index in [1.165, 1.54) is 25.8 Å². The van der Waals surface area contributed by atoms with Crippen molar-refractivity contribution >= 4 is 6.03 Å². The molecule has 3 rings (SSSR count). The topological polar surface area (TPSA) is 55.8 Å². The molecule has 0 radical (unpaired) electrons. The third-order valence-corrected chi connectivity index (χ3v) is 4.50. The number of hydrogen-bond donors (Lipinski definition) is 2. The normalized spacial score (nSPS) is 22.7. The van der Waals surface area contributed by atoms with E-state index in [9.17, 15) is 9.90 Å². The Morgan fingerprint density at radius 3 is 2.81 bits per heavy atom. The van der Waals surface area contributed by atoms with Crippen LogP contribution in [0.5, 0.6) is 5.75 Å². The molecule has 1 unspecified atom stereocenters. The number of amides is 2. The second-order valence-electron chi connectivity index (χ2n) is 5.96. The van der Waals surface area contributed by atoms with Crippen molar-refractivity contribution < 1.29 is 9.90 Å². The molecule has 0 bridgehead atoms. The fourth-order valence-electron chi connectivity index (χ4n) is 3.24. The van der Waals surface area contributed by atoms with Crippen LogP contribution in [-0.4, -0.2) is 53.2 Å². The van der Waals surface area contributed by atoms with Gasteiger partial charge in [0.05, 0.1) is 0 Å². The van der Waals surface area contributed by atoms with Crippen LogP contribution in [0.3, 0.4) is 0 Å². The Hall–Kier alpha value is -1.75. The molecule has 2 heterocycles. The van der Waals surface area contributed by atoms with Gasteiger partial charge in [0.2, 0.25) is 0 Å². The quantitative estimate of drug-likeness (QED) is 0.872. The number of hydrogen-bond acceptors (Lipinski definition) is 3. The van der Waals surface area contributed by atoms with Gasteiger partial charge < -0.3 is 15.3 Å². The Morgan fingerprint density at radius 1 is 1.19 bits per heavy atom. The highest BCUT2D eigenvalue weighted by atomic mass is 16.3. The average molecular weight is 289 g/mol. The van der Waals surface area contributed by atoms with E-state index in [0.29, 0.717) is 12.6 Å². The summed E-state index contributed by atoms with van der Waals surface area (Å²) in [5, 5.41) is 12.2. The zero-order chi connectivity index (χ0) is 14.7. The molecule has 2 N–H and O–H groups in total. The molecule has 2 aliphatic rings. The number of phenolic OH excluding ortho intramolecular Hbond substituents is 1. The van der Waals surface area contributed by atoms with Gasteiger partial charge in [0.15, 0.2) is 0 Å². The van der Waals surface area contributed by atoms with E-state index in [4.69, 9.17) is 0 Å². The van der Waals surface area contributed by atoms with Crippen LogP contribution in [0.25, 0.3) is 0 Å². The Bertz CT molecular complexity index is 489. The zero-order valence-corrected chi connectivity index (χ0v) is 12.3. The minimum absolute atomic E-state index is 0.0216. The summed E-state index contributed by atoms with van der Waals surface area (Å²) in [6.45, 7) is 4.36. The molecule has 1 aromatic carbocycles. The highest BCUT2D eigenvalue weighted by Gasteiger charge is 2.30. The maximum Gasteiger partial charge on any atom is 0.317 e. The van der Waals surface area contributed by atoms with E-state index >= 15 is 0 Å². The number of rotatable bonds is 2. The van der Waals surface area contributed by atoms with Crippen molar-refractivity contribution in [3.05, 3.63) is 29.8 Å². The lowest BCUT2D eigenvalue weighted by Crippen LogP contribution is -2.57. The van der Waals surface area contributed by atoms with Gasteiger partial charge in [0, 0.05) is 32.2 Å². The van der Waals surface area contributed by atoms with Gasteiger partial charge in [0.25, 0.3) is 0 Å². The van der Waals surface area contributed by atoms with Gasteiger partial charge in [-0.05, 0) is 37.1 Å². The first-order chi connectivity index (χ1) is 10.2. The van der Waals surface area contributed by atoms with Crippen LogP contribution in [0.1, 0.15) is 24.8 Å². The monoisotopic (exact) mass is 289 g/mol. The summed E-state index contributed by atoms with van der Waals surface area (Å²) in [6, 6.07) is 7.51. The third kappa shape index (κ3) is 3.47. The van der Waals surface area contributed by atoms with E-state index in [-0.39, 0.29) is 11.8 Å². The zero-order valence-electron chi connectivity index (χ0n) is 12.3. The van der Waals surface area contributed by atoms with Gasteiger partial charge in [-0.1, -0.05) is 18.6 Å². The molecule has 2 fully saturated rings. The van der Waals surface area contributed by atoms with E-state index in [0.717, 1.165) is 25.2 Å². The van der Waals surface area contributed by atoms with Gasteiger partial charge in [-0.25, -0.2) is 4.79 Å². The lowest BCUT2D eigenvalue weighted by molar-refractivity contribution is 0.0643. The molecular weight excluding hydrogens is 266 g/mol. The third-order valence-electron chi connectivity index (χ3n) is 4.50. The molecule has 0 aliphatic carbocycles. The summed E-state index contributed by atoms with van der Waals surface area (Å²) >= 11 is 0. The molecule has 114 valence electrons. The standard InChI is InChI=1S/C16H23N3O2/c20-15-6-4-13(5-7-15)11-17-16(21)19-10-9-18-8-2-1-3-14(18)12-19/h4-7,14,20H,1-3,8-12H2,(H,17,21). The van der Waals surface area contributed by atoms with Gasteiger partial charge >= 0.3 is 6.03 Å². The molecule has 0 spiro atoms. The lowest BCUT2D eigenvalue weighted by atomic mass is 10.00. The maximum absolute atomic E-state index is 12.3. The summed E-state index contributed by atoms with van der Waals surface area (Å²) in [7, 11) is 0. The predicted molar refractivity (Wildman–Crippen MR) is 81.1 cm³/mol. The Labute approximate surface area is 125 Å². The van der Waals surface area contributed by atoms with Crippen molar-refractivity contribution in [1.29, 1.82) is 0 Å². The van der Waals surface area contributed by atoms with Gasteiger partial charge in [0.1, 0.15) is 5.75 Å². The van der Waals surface area contributed by atoms with E-state index in [1.54, 1.807) is 12.1 Å². The molecule has 5 nitrogen and oxygen atoms in total. The number of phenols is 1. The molecule has 1 atom stereocenters. The second kappa shape index (κ2) is 6.35. The number of piperazine rings is 1. The molecule has 2 saturated heterocycles. The number of aromatic hydroxyl groups is 1. The fourth-order valence-corrected chi connectivity index (χ4v) is 3.24. The highest BCUT2D eigenvalue weighted by Crippen LogP contribution is 2.21. The van der Waals surface area contributed by atoms with Crippen LogP contribution in [-0.2, 0) is 6.54 Å². The van der Waals surface area contributed by atoms with Gasteiger partial charge in [-0.2, -0.15) is 0 Å². The molecule has 2 aliphatic heterocycles. The Morgan fingerprint density at radius 2 is 2.00 bits per heavy atom. The van der Waals surface area contributed by atoms with Gasteiger partial charge in [-0.15, -0.1) is 0 Å². The van der Waals surface area contributed by atoms with Crippen LogP contribution in [0.15, 0.2) is 24.3 Å². The summed E-state index contributed by atoms with van der Waals surface area (Å²) < 4.78 is 0. The summed E-state index contributed by atoms with van der Waals surface area (Å²) in [5.74, 6) is 0.249. The SMILES string of the molecule is O=C(NCc1ccc(O)cc1)N1CCN2CCCCC2C1. The number of urea groups is 1. The van der Waals surface area contributed by atoms with E-state index < -0.39 is 0 Å². The second-order valence-corrected chi connectivity index (χ2v) is 5.96. The van der Waals surface area contributed by atoms with Gasteiger partial charge in [-0.3, -0.25) is 4.90 Å². The van der Waals surface area contributed by atoms with Crippen molar-refractivity contribution in [1.82, 2.24) is 15.1 Å². The van der Waals surface area contributed by atoms with Crippen LogP contribution < -0.4 is 5.32 Å². The number of nitrogens with one attached hydrogen (secondary N) is 1. The molecule has 0 aromatic heterocycles. The van der Waals surface area contributed by atoms with Crippen molar-refractivity contribution in [2.24, 2.45) is 0 Å². The maximum atomic E-state index is 12.3. The molecule has 1 aromatic rings. The average Bonchev–Trinajstić information content (AvgIpc) is 2.53. The number of carbonyl (C=O) groups excluding carboxylic acids is 1. The number of nitrogens with zero attached hydrogens (tertiary/aromatic N) is 2. The van der Waals surface area contributed by atoms with Crippen molar-refractivity contribution in [3.63, 3.8) is 0 Å². The Balaban J connectivity index is 1.50. The first-order valence-electron chi connectivity index (χ1n) is 7.77. The largest absolute Gasteiger partial charge is 0.508 e. The van der Waals surface area contributed by atoms with Crippen LogP contribution in [0, 0.1) is 0 Å². The fraction of sp³-hybridized carbons (Fsp3) is 0.562. The van der Waals surface area contributed by atoms with Crippen molar-refractivity contribution in [2.75, 3.05) is 26.2 Å². The van der Waals surface area contributed by atoms with Crippen LogP contribution >= 0.6 is 0 Å². The number of benzene rings is 1. The lowest BCUT2D eigenvalue weighted by Gasteiger charge is -2.43. The summed E-state index contributed by atoms with van der Waals surface area (Å²) in [4.78, 5) is 16.7. The van der Waals surface area contributed by atoms with Crippen LogP contribution in [0.2, 0.25) is 0 Å². The van der Waals surface area contributed by atoms with Crippen molar-refractivity contribution in [2.45, 2.75) is 31.8 Å². The molecule has 2 amide bonds. The first kappa shape index (κ1) is 14.2. The Kier molecular flexibility index (Phi) is 4.29. The van der Waals surface area contributed by atoms with Crippen molar-refractivity contribution in [3.8, 4) is 5.75 Å². The molecule has 5 heteroatoms. The molecule has 0 saturated carbocycles.